The molecular formula is C16H11BrN2O2. The Hall–Kier alpha value is -2.40. The number of rotatable bonds is 3. The molecule has 1 aromatic carbocycles. The molecule has 0 unspecified atom stereocenters. The fraction of sp³-hybridized carbons (Fsp3) is 0. The van der Waals surface area contributed by atoms with Crippen LogP contribution in [-0.2, 0) is 0 Å². The lowest BCUT2D eigenvalue weighted by Crippen LogP contribution is -2.11. The van der Waals surface area contributed by atoms with Crippen LogP contribution in [0.5, 0.6) is 0 Å². The summed E-state index contributed by atoms with van der Waals surface area (Å²) in [4.78, 5) is 16.1. The average molecular weight is 343 g/mol. The molecule has 104 valence electrons. The van der Waals surface area contributed by atoms with Crippen molar-refractivity contribution >= 4 is 27.7 Å². The molecule has 0 fully saturated rings. The molecule has 5 heteroatoms. The van der Waals surface area contributed by atoms with Gasteiger partial charge in [-0.3, -0.25) is 4.79 Å². The topological polar surface area (TPSA) is 55.1 Å². The van der Waals surface area contributed by atoms with Gasteiger partial charge in [0.1, 0.15) is 11.6 Å². The molecular weight excluding hydrogens is 332 g/mol. The summed E-state index contributed by atoms with van der Waals surface area (Å²) in [6.45, 7) is 0. The third kappa shape index (κ3) is 3.20. The molecule has 3 aromatic rings. The highest BCUT2D eigenvalue weighted by atomic mass is 79.9. The van der Waals surface area contributed by atoms with E-state index in [1.165, 1.54) is 0 Å². The largest absolute Gasteiger partial charge is 0.451 e. The highest BCUT2D eigenvalue weighted by molar-refractivity contribution is 9.10. The maximum Gasteiger partial charge on any atom is 0.292 e. The Morgan fingerprint density at radius 3 is 2.57 bits per heavy atom. The predicted octanol–water partition coefficient (Wildman–Crippen LogP) is 4.36. The maximum absolute atomic E-state index is 12.1. The van der Waals surface area contributed by atoms with Gasteiger partial charge in [0.05, 0.1) is 0 Å². The molecule has 1 N–H and O–H groups in total. The molecule has 0 saturated heterocycles. The van der Waals surface area contributed by atoms with Crippen molar-refractivity contribution < 1.29 is 9.21 Å². The molecule has 4 nitrogen and oxygen atoms in total. The van der Waals surface area contributed by atoms with Crippen molar-refractivity contribution in [1.82, 2.24) is 4.98 Å². The second kappa shape index (κ2) is 5.93. The number of pyridine rings is 1. The lowest BCUT2D eigenvalue weighted by Gasteiger charge is -2.01. The molecule has 0 aliphatic heterocycles. The number of nitrogens with one attached hydrogen (secondary N) is 1. The van der Waals surface area contributed by atoms with Crippen LogP contribution in [0.1, 0.15) is 10.6 Å². The Bertz CT molecular complexity index is 751. The number of furan rings is 1. The molecule has 0 bridgehead atoms. The van der Waals surface area contributed by atoms with Gasteiger partial charge in [0.15, 0.2) is 5.76 Å². The summed E-state index contributed by atoms with van der Waals surface area (Å²) >= 11 is 3.38. The Labute approximate surface area is 130 Å². The summed E-state index contributed by atoms with van der Waals surface area (Å²) in [5, 5.41) is 2.68. The Balaban J connectivity index is 1.78. The zero-order valence-corrected chi connectivity index (χ0v) is 12.5. The molecule has 0 aliphatic carbocycles. The van der Waals surface area contributed by atoms with Gasteiger partial charge in [0.2, 0.25) is 0 Å². The van der Waals surface area contributed by atoms with Gasteiger partial charge in [-0.2, -0.15) is 0 Å². The second-order valence-corrected chi connectivity index (χ2v) is 5.26. The minimum absolute atomic E-state index is 0.249. The van der Waals surface area contributed by atoms with Crippen LogP contribution >= 0.6 is 15.9 Å². The number of nitrogens with zero attached hydrogens (tertiary/aromatic N) is 1. The summed E-state index contributed by atoms with van der Waals surface area (Å²) < 4.78 is 6.58. The summed E-state index contributed by atoms with van der Waals surface area (Å²) in [5.41, 5.74) is 0.912. The monoisotopic (exact) mass is 342 g/mol. The number of aromatic nitrogens is 1. The van der Waals surface area contributed by atoms with Crippen LogP contribution in [0, 0.1) is 0 Å². The van der Waals surface area contributed by atoms with Crippen molar-refractivity contribution in [1.29, 1.82) is 0 Å². The first-order valence-corrected chi connectivity index (χ1v) is 7.10. The van der Waals surface area contributed by atoms with Gasteiger partial charge < -0.3 is 9.73 Å². The van der Waals surface area contributed by atoms with Crippen molar-refractivity contribution in [2.75, 3.05) is 5.32 Å². The van der Waals surface area contributed by atoms with Crippen LogP contribution in [0.4, 0.5) is 5.82 Å². The number of amides is 1. The number of carbonyl (C=O) groups is 1. The minimum Gasteiger partial charge on any atom is -0.451 e. The van der Waals surface area contributed by atoms with E-state index < -0.39 is 0 Å². The molecule has 0 aliphatic rings. The van der Waals surface area contributed by atoms with Crippen molar-refractivity contribution in [3.63, 3.8) is 0 Å². The zero-order valence-electron chi connectivity index (χ0n) is 10.9. The fourth-order valence-electron chi connectivity index (χ4n) is 1.84. The molecule has 0 radical (unpaired) electrons. The Morgan fingerprint density at radius 1 is 1.05 bits per heavy atom. The summed E-state index contributed by atoms with van der Waals surface area (Å²) in [6.07, 6.45) is 1.62. The third-order valence-corrected chi connectivity index (χ3v) is 3.39. The minimum atomic E-state index is -0.322. The van der Waals surface area contributed by atoms with Crippen molar-refractivity contribution in [2.45, 2.75) is 0 Å². The predicted molar refractivity (Wildman–Crippen MR) is 84.0 cm³/mol. The van der Waals surface area contributed by atoms with Gasteiger partial charge in [0, 0.05) is 16.2 Å². The van der Waals surface area contributed by atoms with E-state index >= 15 is 0 Å². The standard InChI is InChI=1S/C16H11BrN2O2/c17-12-6-4-11(5-7-12)13-8-9-14(21-13)16(20)19-15-3-1-2-10-18-15/h1-10H,(H,18,19,20). The van der Waals surface area contributed by atoms with Crippen molar-refractivity contribution in [3.8, 4) is 11.3 Å². The number of hydrogen-bond acceptors (Lipinski definition) is 3. The zero-order chi connectivity index (χ0) is 14.7. The average Bonchev–Trinajstić information content (AvgIpc) is 2.99. The number of halogens is 1. The normalized spacial score (nSPS) is 10.3. The molecule has 3 rings (SSSR count). The van der Waals surface area contributed by atoms with Crippen LogP contribution < -0.4 is 5.32 Å². The van der Waals surface area contributed by atoms with E-state index in [2.05, 4.69) is 26.2 Å². The first-order chi connectivity index (χ1) is 10.2. The van der Waals surface area contributed by atoms with E-state index in [-0.39, 0.29) is 11.7 Å². The molecule has 21 heavy (non-hydrogen) atoms. The molecule has 1 amide bonds. The first kappa shape index (κ1) is 13.6. The van der Waals surface area contributed by atoms with E-state index in [4.69, 9.17) is 4.42 Å². The van der Waals surface area contributed by atoms with Gasteiger partial charge in [-0.1, -0.05) is 34.1 Å². The Kier molecular flexibility index (Phi) is 3.83. The lowest BCUT2D eigenvalue weighted by molar-refractivity contribution is 0.0997. The quantitative estimate of drug-likeness (QED) is 0.769. The van der Waals surface area contributed by atoms with Crippen LogP contribution in [0.2, 0.25) is 0 Å². The van der Waals surface area contributed by atoms with Crippen LogP contribution in [-0.4, -0.2) is 10.9 Å². The van der Waals surface area contributed by atoms with Crippen LogP contribution in [0.15, 0.2) is 69.7 Å². The molecule has 0 atom stereocenters. The van der Waals surface area contributed by atoms with Gasteiger partial charge in [0.25, 0.3) is 5.91 Å². The van der Waals surface area contributed by atoms with Gasteiger partial charge in [-0.15, -0.1) is 0 Å². The van der Waals surface area contributed by atoms with E-state index in [1.807, 2.05) is 24.3 Å². The van der Waals surface area contributed by atoms with Gasteiger partial charge in [-0.05, 0) is 36.4 Å². The SMILES string of the molecule is O=C(Nc1ccccn1)c1ccc(-c2ccc(Br)cc2)o1. The number of benzene rings is 1. The highest BCUT2D eigenvalue weighted by Gasteiger charge is 2.12. The van der Waals surface area contributed by atoms with Crippen molar-refractivity contribution in [2.24, 2.45) is 0 Å². The third-order valence-electron chi connectivity index (χ3n) is 2.87. The van der Waals surface area contributed by atoms with E-state index in [0.29, 0.717) is 11.6 Å². The lowest BCUT2D eigenvalue weighted by atomic mass is 10.2. The maximum atomic E-state index is 12.1. The smallest absolute Gasteiger partial charge is 0.292 e. The number of anilines is 1. The molecule has 0 spiro atoms. The van der Waals surface area contributed by atoms with Gasteiger partial charge in [-0.25, -0.2) is 4.98 Å². The molecule has 2 aromatic heterocycles. The van der Waals surface area contributed by atoms with E-state index in [9.17, 15) is 4.79 Å². The molecule has 2 heterocycles. The summed E-state index contributed by atoms with van der Waals surface area (Å²) in [5.74, 6) is 1.06. The molecule has 0 saturated carbocycles. The van der Waals surface area contributed by atoms with Crippen molar-refractivity contribution in [3.05, 3.63) is 71.0 Å². The Morgan fingerprint density at radius 2 is 1.86 bits per heavy atom. The first-order valence-electron chi connectivity index (χ1n) is 6.30. The van der Waals surface area contributed by atoms with Crippen LogP contribution in [0.3, 0.4) is 0 Å². The van der Waals surface area contributed by atoms with E-state index in [0.717, 1.165) is 10.0 Å². The highest BCUT2D eigenvalue weighted by Crippen LogP contribution is 2.24. The summed E-state index contributed by atoms with van der Waals surface area (Å²) in [7, 11) is 0. The summed E-state index contributed by atoms with van der Waals surface area (Å²) in [6, 6.07) is 16.4. The number of hydrogen-bond donors (Lipinski definition) is 1. The van der Waals surface area contributed by atoms with Crippen LogP contribution in [0.25, 0.3) is 11.3 Å². The number of carbonyl (C=O) groups excluding carboxylic acids is 1. The second-order valence-electron chi connectivity index (χ2n) is 4.34. The fourth-order valence-corrected chi connectivity index (χ4v) is 2.11. The van der Waals surface area contributed by atoms with E-state index in [1.54, 1.807) is 36.5 Å². The van der Waals surface area contributed by atoms with Gasteiger partial charge >= 0.3 is 0 Å².